The normalized spacial score (nSPS) is 12.1. The molecule has 1 aromatic heterocycles. The van der Waals surface area contributed by atoms with Gasteiger partial charge in [0.05, 0.1) is 0 Å². The largest absolute Gasteiger partial charge is 0.489 e. The molecule has 5 heteroatoms. The second-order valence-corrected chi connectivity index (χ2v) is 5.22. The number of pyridine rings is 1. The van der Waals surface area contributed by atoms with Crippen LogP contribution in [0.25, 0.3) is 0 Å². The summed E-state index contributed by atoms with van der Waals surface area (Å²) in [5.41, 5.74) is 2.06. The van der Waals surface area contributed by atoms with Crippen LogP contribution >= 0.6 is 0 Å². The first kappa shape index (κ1) is 16.0. The van der Waals surface area contributed by atoms with Gasteiger partial charge < -0.3 is 9.84 Å². The number of likely N-dealkylation sites (N-methyl/N-ethyl adjacent to an activating group) is 1. The molecule has 1 N–H and O–H groups in total. The summed E-state index contributed by atoms with van der Waals surface area (Å²) < 4.78 is 5.69. The molecule has 0 aliphatic heterocycles. The molecule has 2 rings (SSSR count). The van der Waals surface area contributed by atoms with Gasteiger partial charge in [-0.25, -0.2) is 0 Å². The molecule has 0 radical (unpaired) electrons. The molecular formula is C17H20N2O3. The topological polar surface area (TPSA) is 62.7 Å². The second kappa shape index (κ2) is 7.56. The maximum atomic E-state index is 10.9. The van der Waals surface area contributed by atoms with E-state index in [-0.39, 0.29) is 0 Å². The molecule has 5 nitrogen and oxygen atoms in total. The Morgan fingerprint density at radius 1 is 1.27 bits per heavy atom. The predicted molar refractivity (Wildman–Crippen MR) is 83.6 cm³/mol. The predicted octanol–water partition coefficient (Wildman–Crippen LogP) is 2.57. The first-order chi connectivity index (χ1) is 10.6. The molecule has 1 aromatic carbocycles. The van der Waals surface area contributed by atoms with Gasteiger partial charge in [-0.15, -0.1) is 0 Å². The molecule has 22 heavy (non-hydrogen) atoms. The van der Waals surface area contributed by atoms with E-state index in [1.807, 2.05) is 36.4 Å². The second-order valence-electron chi connectivity index (χ2n) is 5.22. The molecule has 1 atom stereocenters. The van der Waals surface area contributed by atoms with Crippen LogP contribution in [-0.4, -0.2) is 34.0 Å². The lowest BCUT2D eigenvalue weighted by Gasteiger charge is -2.21. The molecular weight excluding hydrogens is 280 g/mol. The van der Waals surface area contributed by atoms with Crippen LogP contribution in [-0.2, 0) is 17.9 Å². The number of ether oxygens (including phenoxy) is 1. The van der Waals surface area contributed by atoms with Crippen molar-refractivity contribution in [2.24, 2.45) is 0 Å². The maximum absolute atomic E-state index is 10.9. The van der Waals surface area contributed by atoms with Crippen molar-refractivity contribution in [2.45, 2.75) is 26.1 Å². The molecule has 0 fully saturated rings. The highest BCUT2D eigenvalue weighted by Gasteiger charge is 2.16. The minimum atomic E-state index is -0.820. The first-order valence-electron chi connectivity index (χ1n) is 7.10. The third-order valence-corrected chi connectivity index (χ3v) is 3.50. The fraction of sp³-hybridized carbons (Fsp3) is 0.294. The Kier molecular flexibility index (Phi) is 5.49. The van der Waals surface area contributed by atoms with Crippen LogP contribution in [0.15, 0.2) is 48.8 Å². The summed E-state index contributed by atoms with van der Waals surface area (Å²) in [4.78, 5) is 16.8. The van der Waals surface area contributed by atoms with Crippen LogP contribution in [0.5, 0.6) is 5.75 Å². The lowest BCUT2D eigenvalue weighted by atomic mass is 10.2. The summed E-state index contributed by atoms with van der Waals surface area (Å²) in [6.45, 7) is 2.73. The van der Waals surface area contributed by atoms with Gasteiger partial charge in [-0.2, -0.15) is 0 Å². The monoisotopic (exact) mass is 300 g/mol. The number of benzene rings is 1. The Bertz CT molecular complexity index is 599. The minimum Gasteiger partial charge on any atom is -0.489 e. The number of nitrogens with zero attached hydrogens (tertiary/aromatic N) is 2. The van der Waals surface area contributed by atoms with E-state index in [0.717, 1.165) is 16.9 Å². The van der Waals surface area contributed by atoms with Crippen molar-refractivity contribution in [3.05, 3.63) is 59.9 Å². The fourth-order valence-corrected chi connectivity index (χ4v) is 1.95. The van der Waals surface area contributed by atoms with Crippen molar-refractivity contribution < 1.29 is 14.6 Å². The lowest BCUT2D eigenvalue weighted by molar-refractivity contribution is -0.142. The van der Waals surface area contributed by atoms with Crippen molar-refractivity contribution in [1.29, 1.82) is 0 Å². The molecule has 0 saturated heterocycles. The molecule has 0 aliphatic rings. The van der Waals surface area contributed by atoms with Gasteiger partial charge >= 0.3 is 5.97 Å². The number of carboxylic acids is 1. The van der Waals surface area contributed by atoms with Gasteiger partial charge in [0.25, 0.3) is 0 Å². The molecule has 116 valence electrons. The third kappa shape index (κ3) is 4.56. The summed E-state index contributed by atoms with van der Waals surface area (Å²) >= 11 is 0. The average molecular weight is 300 g/mol. The molecule has 2 aromatic rings. The van der Waals surface area contributed by atoms with E-state index in [1.54, 1.807) is 31.3 Å². The number of aromatic nitrogens is 1. The third-order valence-electron chi connectivity index (χ3n) is 3.50. The zero-order valence-electron chi connectivity index (χ0n) is 12.8. The summed E-state index contributed by atoms with van der Waals surface area (Å²) in [7, 11) is 1.80. The molecule has 0 aliphatic carbocycles. The quantitative estimate of drug-likeness (QED) is 0.851. The van der Waals surface area contributed by atoms with E-state index < -0.39 is 12.0 Å². The van der Waals surface area contributed by atoms with E-state index in [0.29, 0.717) is 13.2 Å². The SMILES string of the molecule is CC(C(=O)O)N(C)Cc1ccc(OCc2cccnc2)cc1. The molecule has 1 heterocycles. The minimum absolute atomic E-state index is 0.475. The zero-order valence-corrected chi connectivity index (χ0v) is 12.8. The lowest BCUT2D eigenvalue weighted by Crippen LogP contribution is -2.35. The first-order valence-corrected chi connectivity index (χ1v) is 7.10. The van der Waals surface area contributed by atoms with Gasteiger partial charge in [0, 0.05) is 24.5 Å². The van der Waals surface area contributed by atoms with Gasteiger partial charge in [-0.1, -0.05) is 18.2 Å². The van der Waals surface area contributed by atoms with Gasteiger partial charge in [0.15, 0.2) is 0 Å². The van der Waals surface area contributed by atoms with Crippen LogP contribution in [0.2, 0.25) is 0 Å². The molecule has 0 amide bonds. The van der Waals surface area contributed by atoms with Crippen LogP contribution in [0, 0.1) is 0 Å². The highest BCUT2D eigenvalue weighted by Crippen LogP contribution is 2.15. The number of hydrogen-bond donors (Lipinski definition) is 1. The van der Waals surface area contributed by atoms with Crippen LogP contribution in [0.4, 0.5) is 0 Å². The summed E-state index contributed by atoms with van der Waals surface area (Å²) in [6.07, 6.45) is 3.50. The number of hydrogen-bond acceptors (Lipinski definition) is 4. The Morgan fingerprint density at radius 2 is 2.00 bits per heavy atom. The number of rotatable bonds is 7. The van der Waals surface area contributed by atoms with Crippen molar-refractivity contribution in [3.63, 3.8) is 0 Å². The van der Waals surface area contributed by atoms with Crippen molar-refractivity contribution >= 4 is 5.97 Å². The summed E-state index contributed by atoms with van der Waals surface area (Å²) in [6, 6.07) is 11.0. The Balaban J connectivity index is 1.89. The van der Waals surface area contributed by atoms with E-state index >= 15 is 0 Å². The molecule has 0 saturated carbocycles. The Morgan fingerprint density at radius 3 is 2.59 bits per heavy atom. The number of carboxylic acid groups (broad SMARTS) is 1. The van der Waals surface area contributed by atoms with Gasteiger partial charge in [-0.3, -0.25) is 14.7 Å². The molecule has 0 bridgehead atoms. The van der Waals surface area contributed by atoms with Gasteiger partial charge in [0.2, 0.25) is 0 Å². The van der Waals surface area contributed by atoms with Crippen LogP contribution in [0.3, 0.4) is 0 Å². The van der Waals surface area contributed by atoms with Crippen molar-refractivity contribution in [2.75, 3.05) is 7.05 Å². The standard InChI is InChI=1S/C17H20N2O3/c1-13(17(20)21)19(2)11-14-5-7-16(8-6-14)22-12-15-4-3-9-18-10-15/h3-10,13H,11-12H2,1-2H3,(H,20,21). The highest BCUT2D eigenvalue weighted by atomic mass is 16.5. The molecule has 1 unspecified atom stereocenters. The smallest absolute Gasteiger partial charge is 0.320 e. The number of aliphatic carboxylic acids is 1. The van der Waals surface area contributed by atoms with Crippen LogP contribution in [0.1, 0.15) is 18.1 Å². The Hall–Kier alpha value is -2.40. The summed E-state index contributed by atoms with van der Waals surface area (Å²) in [5.74, 6) is -0.0412. The number of carbonyl (C=O) groups is 1. The fourth-order valence-electron chi connectivity index (χ4n) is 1.95. The maximum Gasteiger partial charge on any atom is 0.320 e. The van der Waals surface area contributed by atoms with Crippen molar-refractivity contribution in [1.82, 2.24) is 9.88 Å². The van der Waals surface area contributed by atoms with Gasteiger partial charge in [-0.05, 0) is 37.7 Å². The summed E-state index contributed by atoms with van der Waals surface area (Å²) in [5, 5.41) is 8.99. The van der Waals surface area contributed by atoms with Crippen LogP contribution < -0.4 is 4.74 Å². The Labute approximate surface area is 130 Å². The zero-order chi connectivity index (χ0) is 15.9. The van der Waals surface area contributed by atoms with E-state index in [2.05, 4.69) is 4.98 Å². The van der Waals surface area contributed by atoms with E-state index in [1.165, 1.54) is 0 Å². The van der Waals surface area contributed by atoms with E-state index in [4.69, 9.17) is 9.84 Å². The van der Waals surface area contributed by atoms with Gasteiger partial charge in [0.1, 0.15) is 18.4 Å². The highest BCUT2D eigenvalue weighted by molar-refractivity contribution is 5.72. The average Bonchev–Trinajstić information content (AvgIpc) is 2.54. The van der Waals surface area contributed by atoms with Crippen molar-refractivity contribution in [3.8, 4) is 5.75 Å². The molecule has 0 spiro atoms. The van der Waals surface area contributed by atoms with E-state index in [9.17, 15) is 4.79 Å².